The van der Waals surface area contributed by atoms with Gasteiger partial charge in [-0.25, -0.2) is 8.42 Å². The van der Waals surface area contributed by atoms with Gasteiger partial charge < -0.3 is 5.32 Å². The summed E-state index contributed by atoms with van der Waals surface area (Å²) in [6, 6.07) is 1.46. The monoisotopic (exact) mass is 308 g/mol. The van der Waals surface area contributed by atoms with E-state index in [0.29, 0.717) is 19.5 Å². The first-order valence-corrected chi connectivity index (χ1v) is 8.11. The zero-order chi connectivity index (χ0) is 13.3. The van der Waals surface area contributed by atoms with E-state index in [4.69, 9.17) is 11.6 Å². The van der Waals surface area contributed by atoms with Crippen molar-refractivity contribution in [1.29, 1.82) is 0 Å². The minimum Gasteiger partial charge on any atom is -0.352 e. The third-order valence-electron chi connectivity index (χ3n) is 2.72. The quantitative estimate of drug-likeness (QED) is 0.915. The standard InChI is InChI=1S/C10H13ClN2O3S2/c1-7(14)12-8-2-4-13(6-8)18(15,16)10-9(11)3-5-17-10/h3,5,8H,2,4,6H2,1H3,(H,12,14). The molecule has 5 nitrogen and oxygen atoms in total. The highest BCUT2D eigenvalue weighted by Gasteiger charge is 2.34. The number of nitrogens with one attached hydrogen (secondary N) is 1. The Hall–Kier alpha value is -0.630. The van der Waals surface area contributed by atoms with Gasteiger partial charge in [0.05, 0.1) is 5.02 Å². The molecule has 1 aliphatic heterocycles. The molecule has 100 valence electrons. The lowest BCUT2D eigenvalue weighted by atomic mass is 10.3. The third kappa shape index (κ3) is 2.69. The van der Waals surface area contributed by atoms with Crippen LogP contribution in [-0.4, -0.2) is 37.8 Å². The van der Waals surface area contributed by atoms with Crippen LogP contribution in [0.15, 0.2) is 15.7 Å². The molecule has 2 heterocycles. The van der Waals surface area contributed by atoms with Crippen molar-refractivity contribution in [3.63, 3.8) is 0 Å². The van der Waals surface area contributed by atoms with Gasteiger partial charge in [-0.05, 0) is 17.9 Å². The number of halogens is 1. The first kappa shape index (κ1) is 13.8. The van der Waals surface area contributed by atoms with E-state index in [-0.39, 0.29) is 21.2 Å². The fourth-order valence-electron chi connectivity index (χ4n) is 1.93. The predicted molar refractivity (Wildman–Crippen MR) is 70.3 cm³/mol. The number of thiophene rings is 1. The zero-order valence-electron chi connectivity index (χ0n) is 9.72. The lowest BCUT2D eigenvalue weighted by molar-refractivity contribution is -0.119. The van der Waals surface area contributed by atoms with Crippen LogP contribution in [0.2, 0.25) is 5.02 Å². The van der Waals surface area contributed by atoms with Crippen LogP contribution in [0.25, 0.3) is 0 Å². The molecule has 0 spiro atoms. The molecule has 18 heavy (non-hydrogen) atoms. The molecule has 0 bridgehead atoms. The molecule has 1 atom stereocenters. The Bertz CT molecular complexity index is 555. The Morgan fingerprint density at radius 3 is 2.89 bits per heavy atom. The molecule has 1 saturated heterocycles. The van der Waals surface area contributed by atoms with E-state index in [2.05, 4.69) is 5.32 Å². The van der Waals surface area contributed by atoms with E-state index in [1.807, 2.05) is 0 Å². The van der Waals surface area contributed by atoms with Crippen molar-refractivity contribution >= 4 is 38.9 Å². The second-order valence-corrected chi connectivity index (χ2v) is 7.56. The number of hydrogen-bond acceptors (Lipinski definition) is 4. The molecule has 1 fully saturated rings. The van der Waals surface area contributed by atoms with Gasteiger partial charge in [0, 0.05) is 26.1 Å². The Balaban J connectivity index is 2.14. The number of nitrogens with zero attached hydrogens (tertiary/aromatic N) is 1. The number of carbonyl (C=O) groups is 1. The zero-order valence-corrected chi connectivity index (χ0v) is 12.1. The average molecular weight is 309 g/mol. The van der Waals surface area contributed by atoms with Crippen molar-refractivity contribution < 1.29 is 13.2 Å². The number of amides is 1. The van der Waals surface area contributed by atoms with Crippen LogP contribution in [0.4, 0.5) is 0 Å². The van der Waals surface area contributed by atoms with Gasteiger partial charge in [-0.15, -0.1) is 11.3 Å². The fourth-order valence-corrected chi connectivity index (χ4v) is 5.25. The summed E-state index contributed by atoms with van der Waals surface area (Å²) in [7, 11) is -3.53. The van der Waals surface area contributed by atoms with Crippen molar-refractivity contribution in [3.8, 4) is 0 Å². The molecule has 1 unspecified atom stereocenters. The minimum absolute atomic E-state index is 0.115. The number of hydrogen-bond donors (Lipinski definition) is 1. The maximum Gasteiger partial charge on any atom is 0.254 e. The van der Waals surface area contributed by atoms with Gasteiger partial charge in [0.15, 0.2) is 4.21 Å². The molecule has 0 aliphatic carbocycles. The van der Waals surface area contributed by atoms with Gasteiger partial charge in [-0.2, -0.15) is 4.31 Å². The topological polar surface area (TPSA) is 66.5 Å². The van der Waals surface area contributed by atoms with E-state index >= 15 is 0 Å². The maximum absolute atomic E-state index is 12.3. The number of carbonyl (C=O) groups excluding carboxylic acids is 1. The molecular weight excluding hydrogens is 296 g/mol. The molecule has 2 rings (SSSR count). The van der Waals surface area contributed by atoms with Gasteiger partial charge >= 0.3 is 0 Å². The van der Waals surface area contributed by atoms with Crippen LogP contribution in [0.1, 0.15) is 13.3 Å². The fraction of sp³-hybridized carbons (Fsp3) is 0.500. The Kier molecular flexibility index (Phi) is 3.96. The Labute approximate surface area is 115 Å². The van der Waals surface area contributed by atoms with Gasteiger partial charge in [0.1, 0.15) is 0 Å². The summed E-state index contributed by atoms with van der Waals surface area (Å²) in [6.45, 7) is 2.13. The highest BCUT2D eigenvalue weighted by Crippen LogP contribution is 2.31. The summed E-state index contributed by atoms with van der Waals surface area (Å²) in [5, 5.41) is 4.63. The lowest BCUT2D eigenvalue weighted by Gasteiger charge is -2.16. The molecule has 1 N–H and O–H groups in total. The molecular formula is C10H13ClN2O3S2. The van der Waals surface area contributed by atoms with E-state index in [0.717, 1.165) is 11.3 Å². The van der Waals surface area contributed by atoms with Crippen LogP contribution >= 0.6 is 22.9 Å². The van der Waals surface area contributed by atoms with Gasteiger partial charge in [0.25, 0.3) is 10.0 Å². The summed E-state index contributed by atoms with van der Waals surface area (Å²) < 4.78 is 26.1. The highest BCUT2D eigenvalue weighted by molar-refractivity contribution is 7.91. The molecule has 0 aromatic carbocycles. The lowest BCUT2D eigenvalue weighted by Crippen LogP contribution is -2.37. The van der Waals surface area contributed by atoms with Crippen LogP contribution < -0.4 is 5.32 Å². The molecule has 1 aromatic rings. The van der Waals surface area contributed by atoms with Gasteiger partial charge in [-0.1, -0.05) is 11.6 Å². The van der Waals surface area contributed by atoms with E-state index < -0.39 is 10.0 Å². The number of sulfonamides is 1. The first-order valence-electron chi connectivity index (χ1n) is 5.41. The summed E-state index contributed by atoms with van der Waals surface area (Å²) in [4.78, 5) is 10.9. The van der Waals surface area contributed by atoms with Gasteiger partial charge in [-0.3, -0.25) is 4.79 Å². The Morgan fingerprint density at radius 2 is 2.33 bits per heavy atom. The first-order chi connectivity index (χ1) is 8.41. The van der Waals surface area contributed by atoms with Crippen molar-refractivity contribution in [1.82, 2.24) is 9.62 Å². The van der Waals surface area contributed by atoms with Crippen molar-refractivity contribution in [2.75, 3.05) is 13.1 Å². The third-order valence-corrected chi connectivity index (χ3v) is 6.58. The second-order valence-electron chi connectivity index (χ2n) is 4.11. The van der Waals surface area contributed by atoms with E-state index in [9.17, 15) is 13.2 Å². The summed E-state index contributed by atoms with van der Waals surface area (Å²) in [5.41, 5.74) is 0. The van der Waals surface area contributed by atoms with Crippen molar-refractivity contribution in [3.05, 3.63) is 16.5 Å². The summed E-state index contributed by atoms with van der Waals surface area (Å²) in [5.74, 6) is -0.145. The van der Waals surface area contributed by atoms with Crippen LogP contribution in [0.5, 0.6) is 0 Å². The summed E-state index contributed by atoms with van der Waals surface area (Å²) in [6.07, 6.45) is 0.627. The molecule has 1 aliphatic rings. The predicted octanol–water partition coefficient (Wildman–Crippen LogP) is 1.30. The van der Waals surface area contributed by atoms with Crippen LogP contribution in [0, 0.1) is 0 Å². The van der Waals surface area contributed by atoms with Gasteiger partial charge in [0.2, 0.25) is 5.91 Å². The largest absolute Gasteiger partial charge is 0.352 e. The smallest absolute Gasteiger partial charge is 0.254 e. The number of rotatable bonds is 3. The second kappa shape index (κ2) is 5.16. The molecule has 0 saturated carbocycles. The van der Waals surface area contributed by atoms with E-state index in [1.54, 1.807) is 11.4 Å². The van der Waals surface area contributed by atoms with Crippen molar-refractivity contribution in [2.24, 2.45) is 0 Å². The Morgan fingerprint density at radius 1 is 1.61 bits per heavy atom. The van der Waals surface area contributed by atoms with Crippen LogP contribution in [-0.2, 0) is 14.8 Å². The minimum atomic E-state index is -3.53. The molecule has 1 amide bonds. The van der Waals surface area contributed by atoms with E-state index in [1.165, 1.54) is 11.2 Å². The van der Waals surface area contributed by atoms with Crippen LogP contribution in [0.3, 0.4) is 0 Å². The average Bonchev–Trinajstić information content (AvgIpc) is 2.86. The summed E-state index contributed by atoms with van der Waals surface area (Å²) >= 11 is 6.97. The molecule has 0 radical (unpaired) electrons. The molecule has 8 heteroatoms. The highest BCUT2D eigenvalue weighted by atomic mass is 35.5. The van der Waals surface area contributed by atoms with Crippen molar-refractivity contribution in [2.45, 2.75) is 23.6 Å². The normalized spacial score (nSPS) is 21.1. The SMILES string of the molecule is CC(=O)NC1CCN(S(=O)(=O)c2sccc2Cl)C1. The molecule has 1 aromatic heterocycles. The maximum atomic E-state index is 12.3.